The highest BCUT2D eigenvalue weighted by atomic mass is 16.3. The van der Waals surface area contributed by atoms with Crippen molar-refractivity contribution in [2.24, 2.45) is 40.4 Å². The molecule has 4 saturated carbocycles. The van der Waals surface area contributed by atoms with Crippen LogP contribution in [0.1, 0.15) is 138 Å². The summed E-state index contributed by atoms with van der Waals surface area (Å²) < 4.78 is 0. The molecule has 0 heterocycles. The molecule has 178 valence electrons. The van der Waals surface area contributed by atoms with Crippen molar-refractivity contribution in [1.82, 2.24) is 0 Å². The van der Waals surface area contributed by atoms with Gasteiger partial charge in [-0.15, -0.1) is 0 Å². The molecule has 1 nitrogen and oxygen atoms in total. The van der Waals surface area contributed by atoms with Gasteiger partial charge >= 0.3 is 0 Å². The third kappa shape index (κ3) is 4.97. The first-order chi connectivity index (χ1) is 14.5. The zero-order chi connectivity index (χ0) is 22.4. The third-order valence-corrected chi connectivity index (χ3v) is 10.2. The van der Waals surface area contributed by atoms with Gasteiger partial charge < -0.3 is 5.11 Å². The van der Waals surface area contributed by atoms with Crippen LogP contribution >= 0.6 is 0 Å². The van der Waals surface area contributed by atoms with E-state index in [4.69, 9.17) is 0 Å². The van der Waals surface area contributed by atoms with Crippen LogP contribution in [-0.4, -0.2) is 11.2 Å². The van der Waals surface area contributed by atoms with Crippen molar-refractivity contribution in [3.05, 3.63) is 0 Å². The zero-order valence-corrected chi connectivity index (χ0v) is 21.8. The van der Waals surface area contributed by atoms with Crippen molar-refractivity contribution in [1.29, 1.82) is 0 Å². The minimum atomic E-state index is -0.00235. The van der Waals surface area contributed by atoms with Gasteiger partial charge in [0, 0.05) is 0 Å². The Balaban J connectivity index is 0.000000757. The number of rotatable bonds is 5. The number of aliphatic hydroxyl groups excluding tert-OH is 1. The van der Waals surface area contributed by atoms with Crippen LogP contribution in [0.15, 0.2) is 0 Å². The van der Waals surface area contributed by atoms with Crippen molar-refractivity contribution < 1.29 is 5.11 Å². The summed E-state index contributed by atoms with van der Waals surface area (Å²) in [5.74, 6) is 4.81. The minimum Gasteiger partial charge on any atom is -0.393 e. The SMILES string of the molecule is CC.CC.CCCCCC[C@H]1CCC2[C@@H]3CCC4C[C@@H](O)CC[C@]4(C)C3CC[C@@]21C. The molecule has 8 atom stereocenters. The summed E-state index contributed by atoms with van der Waals surface area (Å²) in [6.45, 7) is 15.7. The fourth-order valence-electron chi connectivity index (χ4n) is 8.64. The van der Waals surface area contributed by atoms with Gasteiger partial charge in [0.05, 0.1) is 6.10 Å². The molecule has 0 aromatic carbocycles. The summed E-state index contributed by atoms with van der Waals surface area (Å²) >= 11 is 0. The van der Waals surface area contributed by atoms with Crippen molar-refractivity contribution in [3.8, 4) is 0 Å². The largest absolute Gasteiger partial charge is 0.393 e. The molecule has 0 amide bonds. The summed E-state index contributed by atoms with van der Waals surface area (Å²) in [5, 5.41) is 10.2. The summed E-state index contributed by atoms with van der Waals surface area (Å²) in [6.07, 6.45) is 19.6. The fourth-order valence-corrected chi connectivity index (χ4v) is 8.64. The summed E-state index contributed by atoms with van der Waals surface area (Å²) in [7, 11) is 0. The molecule has 1 heteroatoms. The molecule has 4 aliphatic carbocycles. The van der Waals surface area contributed by atoms with Crippen molar-refractivity contribution in [2.75, 3.05) is 0 Å². The number of hydrogen-bond donors (Lipinski definition) is 1. The summed E-state index contributed by atoms with van der Waals surface area (Å²) in [5.41, 5.74) is 1.20. The molecule has 0 aliphatic heterocycles. The molecular weight excluding hydrogens is 364 g/mol. The predicted octanol–water partition coefficient (Wildman–Crippen LogP) is 9.03. The standard InChI is InChI=1S/C25H44O.2C2H6/c1-4-5-6-7-8-18-10-12-22-21-11-9-19-17-20(26)13-15-25(19,3)23(21)14-16-24(18,22)2;2*1-2/h18-23,26H,4-17H2,1-3H3;2*1-2H3/t18-,19?,20-,21-,22?,23?,24+,25-;;/m0../s1. The second-order valence-electron chi connectivity index (χ2n) is 11.3. The van der Waals surface area contributed by atoms with Gasteiger partial charge in [-0.2, -0.15) is 0 Å². The molecule has 4 rings (SSSR count). The van der Waals surface area contributed by atoms with Gasteiger partial charge in [0.15, 0.2) is 0 Å². The van der Waals surface area contributed by atoms with E-state index in [9.17, 15) is 5.11 Å². The normalized spacial score (nSPS) is 44.4. The van der Waals surface area contributed by atoms with Crippen LogP contribution in [0.3, 0.4) is 0 Å². The average molecular weight is 421 g/mol. The van der Waals surface area contributed by atoms with E-state index in [-0.39, 0.29) is 6.10 Å². The van der Waals surface area contributed by atoms with Gasteiger partial charge in [-0.25, -0.2) is 0 Å². The van der Waals surface area contributed by atoms with Crippen LogP contribution in [0.25, 0.3) is 0 Å². The monoisotopic (exact) mass is 420 g/mol. The van der Waals surface area contributed by atoms with E-state index in [2.05, 4.69) is 20.8 Å². The molecule has 0 aromatic rings. The first kappa shape index (κ1) is 26.2. The van der Waals surface area contributed by atoms with E-state index in [1.807, 2.05) is 27.7 Å². The van der Waals surface area contributed by atoms with Crippen LogP contribution in [0.2, 0.25) is 0 Å². The van der Waals surface area contributed by atoms with E-state index in [0.717, 1.165) is 42.4 Å². The zero-order valence-electron chi connectivity index (χ0n) is 21.8. The third-order valence-electron chi connectivity index (χ3n) is 10.2. The van der Waals surface area contributed by atoms with Crippen LogP contribution in [0.4, 0.5) is 0 Å². The molecule has 0 aromatic heterocycles. The second-order valence-corrected chi connectivity index (χ2v) is 11.3. The predicted molar refractivity (Wildman–Crippen MR) is 133 cm³/mol. The lowest BCUT2D eigenvalue weighted by Crippen LogP contribution is -2.53. The molecule has 4 fully saturated rings. The fraction of sp³-hybridized carbons (Fsp3) is 1.00. The topological polar surface area (TPSA) is 20.2 Å². The molecule has 4 aliphatic rings. The minimum absolute atomic E-state index is 0.00235. The van der Waals surface area contributed by atoms with E-state index >= 15 is 0 Å². The van der Waals surface area contributed by atoms with Gasteiger partial charge in [0.1, 0.15) is 0 Å². The lowest BCUT2D eigenvalue weighted by molar-refractivity contribution is -0.127. The Bertz CT molecular complexity index is 487. The second kappa shape index (κ2) is 11.7. The Kier molecular flexibility index (Phi) is 10.2. The Morgan fingerprint density at radius 1 is 0.733 bits per heavy atom. The molecule has 0 saturated heterocycles. The summed E-state index contributed by atoms with van der Waals surface area (Å²) in [4.78, 5) is 0. The Morgan fingerprint density at radius 2 is 1.40 bits per heavy atom. The van der Waals surface area contributed by atoms with Crippen molar-refractivity contribution >= 4 is 0 Å². The lowest BCUT2D eigenvalue weighted by atomic mass is 9.44. The molecule has 0 radical (unpaired) electrons. The molecule has 0 spiro atoms. The maximum absolute atomic E-state index is 10.2. The number of aliphatic hydroxyl groups is 1. The smallest absolute Gasteiger partial charge is 0.0543 e. The quantitative estimate of drug-likeness (QED) is 0.440. The van der Waals surface area contributed by atoms with E-state index in [0.29, 0.717) is 10.8 Å². The maximum atomic E-state index is 10.2. The first-order valence-electron chi connectivity index (χ1n) is 14.2. The Hall–Kier alpha value is -0.0400. The van der Waals surface area contributed by atoms with Gasteiger partial charge in [0.25, 0.3) is 0 Å². The Labute approximate surface area is 190 Å². The average Bonchev–Trinajstić information content (AvgIpc) is 3.11. The van der Waals surface area contributed by atoms with Crippen LogP contribution < -0.4 is 0 Å². The number of hydrogen-bond acceptors (Lipinski definition) is 1. The molecular formula is C29H56O. The van der Waals surface area contributed by atoms with Gasteiger partial charge in [0.2, 0.25) is 0 Å². The Morgan fingerprint density at radius 3 is 2.10 bits per heavy atom. The highest BCUT2D eigenvalue weighted by Crippen LogP contribution is 2.67. The number of unbranched alkanes of at least 4 members (excludes halogenated alkanes) is 3. The van der Waals surface area contributed by atoms with Crippen LogP contribution in [0.5, 0.6) is 0 Å². The first-order valence-corrected chi connectivity index (χ1v) is 14.2. The highest BCUT2D eigenvalue weighted by Gasteiger charge is 2.59. The van der Waals surface area contributed by atoms with Gasteiger partial charge in [-0.1, -0.05) is 74.1 Å². The molecule has 1 N–H and O–H groups in total. The van der Waals surface area contributed by atoms with E-state index < -0.39 is 0 Å². The highest BCUT2D eigenvalue weighted by molar-refractivity contribution is 5.09. The maximum Gasteiger partial charge on any atom is 0.0543 e. The van der Waals surface area contributed by atoms with Crippen LogP contribution in [-0.2, 0) is 0 Å². The summed E-state index contributed by atoms with van der Waals surface area (Å²) in [6, 6.07) is 0. The van der Waals surface area contributed by atoms with Crippen LogP contribution in [0, 0.1) is 40.4 Å². The lowest BCUT2D eigenvalue weighted by Gasteiger charge is -2.61. The van der Waals surface area contributed by atoms with Gasteiger partial charge in [-0.3, -0.25) is 0 Å². The van der Waals surface area contributed by atoms with E-state index in [1.165, 1.54) is 77.0 Å². The van der Waals surface area contributed by atoms with Crippen molar-refractivity contribution in [2.45, 2.75) is 144 Å². The number of fused-ring (bicyclic) bond motifs is 5. The molecule has 30 heavy (non-hydrogen) atoms. The van der Waals surface area contributed by atoms with E-state index in [1.54, 1.807) is 0 Å². The molecule has 0 bridgehead atoms. The molecule has 3 unspecified atom stereocenters. The van der Waals surface area contributed by atoms with Crippen molar-refractivity contribution in [3.63, 3.8) is 0 Å². The van der Waals surface area contributed by atoms with Gasteiger partial charge in [-0.05, 0) is 105 Å².